The summed E-state index contributed by atoms with van der Waals surface area (Å²) in [4.78, 5) is 11.5. The van der Waals surface area contributed by atoms with Crippen molar-refractivity contribution in [3.63, 3.8) is 0 Å². The van der Waals surface area contributed by atoms with E-state index in [4.69, 9.17) is 9.47 Å². The molecule has 0 fully saturated rings. The third kappa shape index (κ3) is 5.61. The predicted octanol–water partition coefficient (Wildman–Crippen LogP) is 2.89. The van der Waals surface area contributed by atoms with Crippen LogP contribution < -0.4 is 10.1 Å². The molecule has 0 aliphatic rings. The van der Waals surface area contributed by atoms with E-state index in [0.717, 1.165) is 22.9 Å². The second-order valence-corrected chi connectivity index (χ2v) is 4.98. The van der Waals surface area contributed by atoms with E-state index in [9.17, 15) is 4.79 Å². The molecule has 0 unspecified atom stereocenters. The molecule has 5 heteroatoms. The van der Waals surface area contributed by atoms with Crippen molar-refractivity contribution in [2.24, 2.45) is 0 Å². The molecule has 0 aromatic heterocycles. The summed E-state index contributed by atoms with van der Waals surface area (Å²) in [6.07, 6.45) is 1.89. The maximum Gasteiger partial charge on any atom is 0.344 e. The van der Waals surface area contributed by atoms with Gasteiger partial charge in [-0.3, -0.25) is 0 Å². The fraction of sp³-hybridized carbons (Fsp3) is 0.500. The zero-order valence-electron chi connectivity index (χ0n) is 11.4. The summed E-state index contributed by atoms with van der Waals surface area (Å²) in [6.45, 7) is 3.12. The van der Waals surface area contributed by atoms with Gasteiger partial charge in [0, 0.05) is 12.1 Å². The highest BCUT2D eigenvalue weighted by atomic mass is 79.9. The first-order valence-corrected chi connectivity index (χ1v) is 7.18. The molecule has 1 N–H and O–H groups in total. The summed E-state index contributed by atoms with van der Waals surface area (Å²) >= 11 is 3.43. The van der Waals surface area contributed by atoms with Gasteiger partial charge in [0.1, 0.15) is 5.75 Å². The lowest BCUT2D eigenvalue weighted by Gasteiger charge is -2.12. The predicted molar refractivity (Wildman–Crippen MR) is 78.3 cm³/mol. The van der Waals surface area contributed by atoms with Crippen LogP contribution in [0.15, 0.2) is 22.7 Å². The number of hydrogen-bond acceptors (Lipinski definition) is 4. The van der Waals surface area contributed by atoms with Gasteiger partial charge >= 0.3 is 5.97 Å². The van der Waals surface area contributed by atoms with E-state index in [0.29, 0.717) is 18.9 Å². The molecule has 0 radical (unpaired) electrons. The van der Waals surface area contributed by atoms with E-state index >= 15 is 0 Å². The quantitative estimate of drug-likeness (QED) is 0.588. The first-order valence-electron chi connectivity index (χ1n) is 6.39. The van der Waals surface area contributed by atoms with Crippen LogP contribution in [-0.4, -0.2) is 26.2 Å². The van der Waals surface area contributed by atoms with Crippen LogP contribution >= 0.6 is 15.9 Å². The number of carbonyl (C=O) groups excluding carboxylic acids is 1. The van der Waals surface area contributed by atoms with Gasteiger partial charge in [-0.25, -0.2) is 4.79 Å². The van der Waals surface area contributed by atoms with E-state index in [1.807, 2.05) is 25.2 Å². The van der Waals surface area contributed by atoms with Crippen molar-refractivity contribution >= 4 is 21.9 Å². The molecule has 0 aliphatic carbocycles. The molecule has 0 saturated carbocycles. The summed E-state index contributed by atoms with van der Waals surface area (Å²) in [5, 5.41) is 3.06. The summed E-state index contributed by atoms with van der Waals surface area (Å²) in [5.41, 5.74) is 0.998. The lowest BCUT2D eigenvalue weighted by molar-refractivity contribution is -0.146. The summed E-state index contributed by atoms with van der Waals surface area (Å²) in [7, 11) is 1.86. The lowest BCUT2D eigenvalue weighted by atomic mass is 10.2. The Labute approximate surface area is 122 Å². The Morgan fingerprint density at radius 2 is 2.21 bits per heavy atom. The van der Waals surface area contributed by atoms with E-state index in [1.54, 1.807) is 0 Å². The molecule has 0 saturated heterocycles. The topological polar surface area (TPSA) is 47.6 Å². The van der Waals surface area contributed by atoms with Crippen molar-refractivity contribution < 1.29 is 14.3 Å². The minimum atomic E-state index is -0.334. The molecule has 19 heavy (non-hydrogen) atoms. The van der Waals surface area contributed by atoms with Gasteiger partial charge in [-0.15, -0.1) is 0 Å². The van der Waals surface area contributed by atoms with Gasteiger partial charge in [0.05, 0.1) is 11.1 Å². The third-order valence-electron chi connectivity index (χ3n) is 2.51. The number of carbonyl (C=O) groups is 1. The van der Waals surface area contributed by atoms with E-state index in [2.05, 4.69) is 28.2 Å². The summed E-state index contributed by atoms with van der Waals surface area (Å²) in [5.74, 6) is 0.351. The van der Waals surface area contributed by atoms with Crippen LogP contribution in [0.25, 0.3) is 0 Å². The van der Waals surface area contributed by atoms with Gasteiger partial charge < -0.3 is 14.8 Å². The van der Waals surface area contributed by atoms with Gasteiger partial charge in [-0.1, -0.05) is 25.5 Å². The number of unbranched alkanes of at least 4 members (excludes halogenated alkanes) is 1. The van der Waals surface area contributed by atoms with Crippen LogP contribution in [0.5, 0.6) is 5.75 Å². The highest BCUT2D eigenvalue weighted by molar-refractivity contribution is 9.10. The molecule has 0 amide bonds. The van der Waals surface area contributed by atoms with Crippen molar-refractivity contribution in [2.75, 3.05) is 20.3 Å². The third-order valence-corrected chi connectivity index (χ3v) is 3.14. The lowest BCUT2D eigenvalue weighted by Crippen LogP contribution is -2.17. The fourth-order valence-electron chi connectivity index (χ4n) is 1.55. The van der Waals surface area contributed by atoms with E-state index < -0.39 is 0 Å². The van der Waals surface area contributed by atoms with Gasteiger partial charge in [0.15, 0.2) is 6.61 Å². The molecule has 0 heterocycles. The Morgan fingerprint density at radius 1 is 1.42 bits per heavy atom. The fourth-order valence-corrected chi connectivity index (χ4v) is 2.07. The molecule has 0 aliphatic heterocycles. The SMILES string of the molecule is CCCCOC(=O)COc1c(Br)cccc1CNC. The number of nitrogens with one attached hydrogen (secondary N) is 1. The number of rotatable bonds is 8. The van der Waals surface area contributed by atoms with Crippen LogP contribution in [0.2, 0.25) is 0 Å². The van der Waals surface area contributed by atoms with Gasteiger partial charge in [-0.05, 0) is 35.5 Å². The number of benzene rings is 1. The van der Waals surface area contributed by atoms with Gasteiger partial charge in [0.2, 0.25) is 0 Å². The summed E-state index contributed by atoms with van der Waals surface area (Å²) < 4.78 is 11.4. The first kappa shape index (κ1) is 16.0. The Hall–Kier alpha value is -1.07. The second-order valence-electron chi connectivity index (χ2n) is 4.12. The Bertz CT molecular complexity index is 410. The van der Waals surface area contributed by atoms with Crippen LogP contribution in [0, 0.1) is 0 Å². The van der Waals surface area contributed by atoms with Crippen molar-refractivity contribution in [3.05, 3.63) is 28.2 Å². The maximum absolute atomic E-state index is 11.5. The zero-order chi connectivity index (χ0) is 14.1. The standard InChI is InChI=1S/C14H20BrNO3/c1-3-4-8-18-13(17)10-19-14-11(9-16-2)6-5-7-12(14)15/h5-7,16H,3-4,8-10H2,1-2H3. The Kier molecular flexibility index (Phi) is 7.52. The van der Waals surface area contributed by atoms with Crippen molar-refractivity contribution in [3.8, 4) is 5.75 Å². The van der Waals surface area contributed by atoms with Crippen LogP contribution in [-0.2, 0) is 16.1 Å². The molecule has 4 nitrogen and oxygen atoms in total. The van der Waals surface area contributed by atoms with Gasteiger partial charge in [0.25, 0.3) is 0 Å². The highest BCUT2D eigenvalue weighted by Gasteiger charge is 2.10. The highest BCUT2D eigenvalue weighted by Crippen LogP contribution is 2.29. The average molecular weight is 330 g/mol. The minimum absolute atomic E-state index is 0.0664. The number of hydrogen-bond donors (Lipinski definition) is 1. The number of halogens is 1. The molecule has 1 rings (SSSR count). The smallest absolute Gasteiger partial charge is 0.344 e. The van der Waals surface area contributed by atoms with Gasteiger partial charge in [-0.2, -0.15) is 0 Å². The van der Waals surface area contributed by atoms with Crippen LogP contribution in [0.1, 0.15) is 25.3 Å². The Balaban J connectivity index is 2.54. The normalized spacial score (nSPS) is 10.3. The van der Waals surface area contributed by atoms with Crippen molar-refractivity contribution in [1.82, 2.24) is 5.32 Å². The molecular formula is C14H20BrNO3. The van der Waals surface area contributed by atoms with Crippen molar-refractivity contribution in [1.29, 1.82) is 0 Å². The molecule has 0 spiro atoms. The second kappa shape index (κ2) is 8.93. The van der Waals surface area contributed by atoms with E-state index in [1.165, 1.54) is 0 Å². The molecule has 0 bridgehead atoms. The van der Waals surface area contributed by atoms with Crippen molar-refractivity contribution in [2.45, 2.75) is 26.3 Å². The largest absolute Gasteiger partial charge is 0.480 e. The molecular weight excluding hydrogens is 310 g/mol. The monoisotopic (exact) mass is 329 g/mol. The molecule has 0 atom stereocenters. The zero-order valence-corrected chi connectivity index (χ0v) is 13.0. The molecule has 106 valence electrons. The maximum atomic E-state index is 11.5. The Morgan fingerprint density at radius 3 is 2.89 bits per heavy atom. The number of para-hydroxylation sites is 1. The molecule has 1 aromatic rings. The number of esters is 1. The van der Waals surface area contributed by atoms with Crippen LogP contribution in [0.3, 0.4) is 0 Å². The molecule has 1 aromatic carbocycles. The summed E-state index contributed by atoms with van der Waals surface area (Å²) in [6, 6.07) is 5.78. The minimum Gasteiger partial charge on any atom is -0.480 e. The number of ether oxygens (including phenoxy) is 2. The first-order chi connectivity index (χ1) is 9.19. The van der Waals surface area contributed by atoms with Crippen LogP contribution in [0.4, 0.5) is 0 Å². The average Bonchev–Trinajstić information content (AvgIpc) is 2.39. The van der Waals surface area contributed by atoms with E-state index in [-0.39, 0.29) is 12.6 Å².